The minimum Gasteiger partial charge on any atom is -0.321 e. The minimum atomic E-state index is -0.441. The quantitative estimate of drug-likeness (QED) is 0.680. The van der Waals surface area contributed by atoms with E-state index >= 15 is 0 Å². The van der Waals surface area contributed by atoms with Gasteiger partial charge in [0.05, 0.1) is 10.7 Å². The summed E-state index contributed by atoms with van der Waals surface area (Å²) in [5.41, 5.74) is 3.54. The zero-order valence-electron chi connectivity index (χ0n) is 14.9. The van der Waals surface area contributed by atoms with E-state index in [0.29, 0.717) is 16.4 Å². The molecule has 3 aromatic rings. The fraction of sp³-hybridized carbons (Fsp3) is 0.0952. The average molecular weight is 380 g/mol. The maximum absolute atomic E-state index is 12.5. The van der Waals surface area contributed by atoms with E-state index < -0.39 is 5.91 Å². The number of anilines is 2. The Hall–Kier alpha value is -3.18. The highest BCUT2D eigenvalue weighted by molar-refractivity contribution is 6.33. The molecule has 0 unspecified atom stereocenters. The van der Waals surface area contributed by atoms with Crippen molar-refractivity contribution in [3.05, 3.63) is 88.2 Å². The van der Waals surface area contributed by atoms with Gasteiger partial charge in [-0.05, 0) is 61.4 Å². The van der Waals surface area contributed by atoms with Gasteiger partial charge in [0.1, 0.15) is 11.4 Å². The molecule has 2 amide bonds. The van der Waals surface area contributed by atoms with E-state index in [1.165, 1.54) is 0 Å². The van der Waals surface area contributed by atoms with Crippen LogP contribution in [-0.4, -0.2) is 16.8 Å². The van der Waals surface area contributed by atoms with Crippen molar-refractivity contribution in [2.24, 2.45) is 0 Å². The van der Waals surface area contributed by atoms with Crippen molar-refractivity contribution in [3.8, 4) is 0 Å². The molecule has 6 heteroatoms. The number of amides is 2. The molecule has 0 radical (unpaired) electrons. The molecule has 3 rings (SSSR count). The number of hydrogen-bond acceptors (Lipinski definition) is 3. The predicted molar refractivity (Wildman–Crippen MR) is 108 cm³/mol. The highest BCUT2D eigenvalue weighted by Gasteiger charge is 2.14. The Labute approximate surface area is 162 Å². The second kappa shape index (κ2) is 8.01. The Morgan fingerprint density at radius 3 is 2.04 bits per heavy atom. The number of hydrogen-bond donors (Lipinski definition) is 2. The summed E-state index contributed by atoms with van der Waals surface area (Å²) in [5.74, 6) is -0.823. The molecule has 0 bridgehead atoms. The normalized spacial score (nSPS) is 10.3. The van der Waals surface area contributed by atoms with E-state index in [2.05, 4.69) is 15.6 Å². The molecule has 2 aromatic carbocycles. The Morgan fingerprint density at radius 2 is 1.41 bits per heavy atom. The van der Waals surface area contributed by atoms with Gasteiger partial charge in [-0.1, -0.05) is 35.9 Å². The van der Waals surface area contributed by atoms with E-state index in [0.717, 1.165) is 11.1 Å². The van der Waals surface area contributed by atoms with Gasteiger partial charge < -0.3 is 10.6 Å². The summed E-state index contributed by atoms with van der Waals surface area (Å²) in [4.78, 5) is 29.1. The van der Waals surface area contributed by atoms with Crippen molar-refractivity contribution < 1.29 is 9.59 Å². The van der Waals surface area contributed by atoms with Gasteiger partial charge in [0.25, 0.3) is 11.8 Å². The number of aryl methyl sites for hydroxylation is 2. The van der Waals surface area contributed by atoms with E-state index in [1.54, 1.807) is 42.5 Å². The van der Waals surface area contributed by atoms with Crippen LogP contribution in [0.25, 0.3) is 0 Å². The fourth-order valence-corrected chi connectivity index (χ4v) is 2.86. The summed E-state index contributed by atoms with van der Waals surface area (Å²) in [5, 5.41) is 5.93. The monoisotopic (exact) mass is 379 g/mol. The third-order valence-electron chi connectivity index (χ3n) is 3.82. The zero-order valence-corrected chi connectivity index (χ0v) is 15.7. The van der Waals surface area contributed by atoms with Gasteiger partial charge >= 0.3 is 0 Å². The second-order valence-corrected chi connectivity index (χ2v) is 6.58. The van der Waals surface area contributed by atoms with Crippen molar-refractivity contribution in [3.63, 3.8) is 0 Å². The van der Waals surface area contributed by atoms with Crippen LogP contribution < -0.4 is 10.6 Å². The van der Waals surface area contributed by atoms with Crippen LogP contribution >= 0.6 is 11.6 Å². The SMILES string of the molecule is Cc1cc(C)cc(NC(=O)c2cccc(C(=O)Nc3ccccc3Cl)n2)c1. The van der Waals surface area contributed by atoms with E-state index in [9.17, 15) is 9.59 Å². The Kier molecular flexibility index (Phi) is 5.52. The first-order valence-electron chi connectivity index (χ1n) is 8.35. The third-order valence-corrected chi connectivity index (χ3v) is 4.15. The third kappa shape index (κ3) is 4.71. The van der Waals surface area contributed by atoms with Crippen molar-refractivity contribution in [1.82, 2.24) is 4.98 Å². The van der Waals surface area contributed by atoms with Crippen molar-refractivity contribution >= 4 is 34.8 Å². The van der Waals surface area contributed by atoms with Crippen molar-refractivity contribution in [1.29, 1.82) is 0 Å². The Bertz CT molecular complexity index is 998. The molecular weight excluding hydrogens is 362 g/mol. The van der Waals surface area contributed by atoms with Gasteiger partial charge in [0.15, 0.2) is 0 Å². The molecular formula is C21H18ClN3O2. The number of carbonyl (C=O) groups excluding carboxylic acids is 2. The standard InChI is InChI=1S/C21H18ClN3O2/c1-13-10-14(2)12-15(11-13)23-20(26)18-8-5-9-19(24-18)21(27)25-17-7-4-3-6-16(17)22/h3-12H,1-2H3,(H,23,26)(H,25,27). The molecule has 0 spiro atoms. The second-order valence-electron chi connectivity index (χ2n) is 6.17. The van der Waals surface area contributed by atoms with Crippen molar-refractivity contribution in [2.45, 2.75) is 13.8 Å². The lowest BCUT2D eigenvalue weighted by molar-refractivity contribution is 0.101. The zero-order chi connectivity index (χ0) is 19.4. The molecule has 5 nitrogen and oxygen atoms in total. The molecule has 0 aliphatic rings. The topological polar surface area (TPSA) is 71.1 Å². The number of carbonyl (C=O) groups is 2. The smallest absolute Gasteiger partial charge is 0.274 e. The van der Waals surface area contributed by atoms with Gasteiger partial charge in [-0.3, -0.25) is 9.59 Å². The maximum Gasteiger partial charge on any atom is 0.274 e. The number of benzene rings is 2. The summed E-state index contributed by atoms with van der Waals surface area (Å²) >= 11 is 6.05. The van der Waals surface area contributed by atoms with Crippen LogP contribution in [0, 0.1) is 13.8 Å². The van der Waals surface area contributed by atoms with Crippen LogP contribution in [0.2, 0.25) is 5.02 Å². The first kappa shape index (κ1) is 18.6. The summed E-state index contributed by atoms with van der Waals surface area (Å²) in [6.07, 6.45) is 0. The molecule has 0 fully saturated rings. The van der Waals surface area contributed by atoms with Gasteiger partial charge in [0, 0.05) is 5.69 Å². The van der Waals surface area contributed by atoms with Crippen LogP contribution in [0.1, 0.15) is 32.1 Å². The highest BCUT2D eigenvalue weighted by Crippen LogP contribution is 2.21. The molecule has 2 N–H and O–H groups in total. The van der Waals surface area contributed by atoms with Crippen molar-refractivity contribution in [2.75, 3.05) is 10.6 Å². The van der Waals surface area contributed by atoms with Crippen LogP contribution in [0.3, 0.4) is 0 Å². The molecule has 0 saturated carbocycles. The summed E-state index contributed by atoms with van der Waals surface area (Å²) in [6, 6.07) is 17.4. The molecule has 1 heterocycles. The Morgan fingerprint density at radius 1 is 0.815 bits per heavy atom. The predicted octanol–water partition coefficient (Wildman–Crippen LogP) is 4.86. The Balaban J connectivity index is 1.77. The fourth-order valence-electron chi connectivity index (χ4n) is 2.68. The number of nitrogens with zero attached hydrogens (tertiary/aromatic N) is 1. The van der Waals surface area contributed by atoms with E-state index in [1.807, 2.05) is 32.0 Å². The first-order chi connectivity index (χ1) is 12.9. The van der Waals surface area contributed by atoms with Crippen LogP contribution in [0.15, 0.2) is 60.7 Å². The average Bonchev–Trinajstić information content (AvgIpc) is 2.63. The lowest BCUT2D eigenvalue weighted by atomic mass is 10.1. The van der Waals surface area contributed by atoms with Gasteiger partial charge in [0.2, 0.25) is 0 Å². The number of nitrogens with one attached hydrogen (secondary N) is 2. The van der Waals surface area contributed by atoms with Crippen LogP contribution in [0.4, 0.5) is 11.4 Å². The molecule has 27 heavy (non-hydrogen) atoms. The summed E-state index contributed by atoms with van der Waals surface area (Å²) < 4.78 is 0. The number of halogens is 1. The summed E-state index contributed by atoms with van der Waals surface area (Å²) in [6.45, 7) is 3.92. The maximum atomic E-state index is 12.5. The molecule has 0 aliphatic heterocycles. The largest absolute Gasteiger partial charge is 0.321 e. The molecule has 0 aliphatic carbocycles. The number of para-hydroxylation sites is 1. The number of rotatable bonds is 4. The lowest BCUT2D eigenvalue weighted by Crippen LogP contribution is -2.18. The summed E-state index contributed by atoms with van der Waals surface area (Å²) in [7, 11) is 0. The van der Waals surface area contributed by atoms with E-state index in [-0.39, 0.29) is 17.3 Å². The lowest BCUT2D eigenvalue weighted by Gasteiger charge is -2.09. The molecule has 0 saturated heterocycles. The highest BCUT2D eigenvalue weighted by atomic mass is 35.5. The molecule has 1 aromatic heterocycles. The minimum absolute atomic E-state index is 0.128. The van der Waals surface area contributed by atoms with Gasteiger partial charge in [-0.2, -0.15) is 0 Å². The number of aromatic nitrogens is 1. The molecule has 136 valence electrons. The first-order valence-corrected chi connectivity index (χ1v) is 8.73. The van der Waals surface area contributed by atoms with Gasteiger partial charge in [-0.25, -0.2) is 4.98 Å². The van der Waals surface area contributed by atoms with E-state index in [4.69, 9.17) is 11.6 Å². The number of pyridine rings is 1. The van der Waals surface area contributed by atoms with Gasteiger partial charge in [-0.15, -0.1) is 0 Å². The molecule has 0 atom stereocenters. The van der Waals surface area contributed by atoms with Crippen LogP contribution in [-0.2, 0) is 0 Å². The van der Waals surface area contributed by atoms with Crippen LogP contribution in [0.5, 0.6) is 0 Å².